The molecule has 0 bridgehead atoms. The van der Waals surface area contributed by atoms with Crippen LogP contribution in [0.3, 0.4) is 0 Å². The van der Waals surface area contributed by atoms with Gasteiger partial charge in [0.2, 0.25) is 5.91 Å². The minimum atomic E-state index is -0.353. The molecule has 0 radical (unpaired) electrons. The zero-order chi connectivity index (χ0) is 18.4. The van der Waals surface area contributed by atoms with Crippen molar-refractivity contribution in [2.45, 2.75) is 12.8 Å². The molecule has 144 valence electrons. The molecule has 0 saturated heterocycles. The second-order valence-electron chi connectivity index (χ2n) is 6.29. The van der Waals surface area contributed by atoms with Gasteiger partial charge in [-0.25, -0.2) is 4.79 Å². The predicted molar refractivity (Wildman–Crippen MR) is 112 cm³/mol. The Kier molecular flexibility index (Phi) is 7.91. The van der Waals surface area contributed by atoms with Crippen LogP contribution in [-0.4, -0.2) is 25.0 Å². The smallest absolute Gasteiger partial charge is 0.323 e. The maximum absolute atomic E-state index is 12.0. The van der Waals surface area contributed by atoms with E-state index in [2.05, 4.69) is 21.3 Å². The largest absolute Gasteiger partial charge is 0.325 e. The van der Waals surface area contributed by atoms with Gasteiger partial charge in [0.1, 0.15) is 0 Å². The molecule has 27 heavy (non-hydrogen) atoms. The summed E-state index contributed by atoms with van der Waals surface area (Å²) >= 11 is 5.81. The highest BCUT2D eigenvalue weighted by atomic mass is 35.5. The number of halogens is 2. The van der Waals surface area contributed by atoms with Crippen LogP contribution in [0.15, 0.2) is 48.5 Å². The molecule has 2 aromatic rings. The first kappa shape index (κ1) is 21.0. The normalized spacial score (nSPS) is 12.6. The molecule has 1 aliphatic carbocycles. The molecule has 0 aliphatic heterocycles. The van der Waals surface area contributed by atoms with Crippen molar-refractivity contribution >= 4 is 53.0 Å². The molecule has 0 unspecified atom stereocenters. The number of carbonyl (C=O) groups excluding carboxylic acids is 2. The maximum Gasteiger partial charge on any atom is 0.323 e. The molecule has 0 spiro atoms. The zero-order valence-electron chi connectivity index (χ0n) is 14.6. The molecule has 4 N–H and O–H groups in total. The summed E-state index contributed by atoms with van der Waals surface area (Å²) < 4.78 is 0. The Labute approximate surface area is 169 Å². The van der Waals surface area contributed by atoms with Gasteiger partial charge in [-0.2, -0.15) is 0 Å². The lowest BCUT2D eigenvalue weighted by molar-refractivity contribution is -0.115. The number of amides is 3. The van der Waals surface area contributed by atoms with Crippen LogP contribution >= 0.6 is 24.0 Å². The molecular formula is C19H22Cl2N4O2. The highest BCUT2D eigenvalue weighted by Crippen LogP contribution is 2.27. The Balaban J connectivity index is 0.00000261. The lowest BCUT2D eigenvalue weighted by Crippen LogP contribution is -2.29. The van der Waals surface area contributed by atoms with Gasteiger partial charge in [0.25, 0.3) is 0 Å². The van der Waals surface area contributed by atoms with E-state index >= 15 is 0 Å². The predicted octanol–water partition coefficient (Wildman–Crippen LogP) is 4.34. The first-order valence-corrected chi connectivity index (χ1v) is 8.90. The number of benzene rings is 2. The number of hydrogen-bond acceptors (Lipinski definition) is 3. The fourth-order valence-electron chi connectivity index (χ4n) is 2.38. The van der Waals surface area contributed by atoms with Gasteiger partial charge in [-0.15, -0.1) is 12.4 Å². The Morgan fingerprint density at radius 3 is 1.85 bits per heavy atom. The maximum atomic E-state index is 12.0. The molecule has 0 atom stereocenters. The van der Waals surface area contributed by atoms with E-state index in [-0.39, 0.29) is 24.3 Å². The average Bonchev–Trinajstić information content (AvgIpc) is 3.43. The van der Waals surface area contributed by atoms with Crippen LogP contribution < -0.4 is 21.3 Å². The minimum Gasteiger partial charge on any atom is -0.325 e. The van der Waals surface area contributed by atoms with Crippen molar-refractivity contribution in [3.8, 4) is 0 Å². The van der Waals surface area contributed by atoms with Crippen molar-refractivity contribution < 1.29 is 9.59 Å². The highest BCUT2D eigenvalue weighted by Gasteiger charge is 2.20. The third kappa shape index (κ3) is 7.46. The zero-order valence-corrected chi connectivity index (χ0v) is 16.2. The van der Waals surface area contributed by atoms with Crippen LogP contribution in [0.25, 0.3) is 0 Å². The van der Waals surface area contributed by atoms with E-state index in [1.165, 1.54) is 12.8 Å². The van der Waals surface area contributed by atoms with E-state index in [0.717, 1.165) is 12.5 Å². The van der Waals surface area contributed by atoms with Crippen molar-refractivity contribution in [2.75, 3.05) is 29.0 Å². The van der Waals surface area contributed by atoms with Gasteiger partial charge >= 0.3 is 6.03 Å². The fourth-order valence-corrected chi connectivity index (χ4v) is 2.51. The number of rotatable bonds is 7. The number of urea groups is 1. The summed E-state index contributed by atoms with van der Waals surface area (Å²) in [6.07, 6.45) is 2.52. The van der Waals surface area contributed by atoms with Gasteiger partial charge in [0, 0.05) is 22.1 Å². The summed E-state index contributed by atoms with van der Waals surface area (Å²) in [4.78, 5) is 23.8. The summed E-state index contributed by atoms with van der Waals surface area (Å²) in [5, 5.41) is 12.0. The molecule has 1 aliphatic rings. The van der Waals surface area contributed by atoms with Gasteiger partial charge in [-0.05, 0) is 73.8 Å². The Morgan fingerprint density at radius 1 is 0.852 bits per heavy atom. The number of anilines is 3. The number of carbonyl (C=O) groups is 2. The summed E-state index contributed by atoms with van der Waals surface area (Å²) in [5.74, 6) is 0.666. The van der Waals surface area contributed by atoms with Crippen molar-refractivity contribution in [1.29, 1.82) is 0 Å². The molecule has 1 fully saturated rings. The molecule has 8 heteroatoms. The summed E-state index contributed by atoms with van der Waals surface area (Å²) in [6.45, 7) is 1.21. The number of hydrogen-bond donors (Lipinski definition) is 4. The van der Waals surface area contributed by atoms with E-state index in [4.69, 9.17) is 11.6 Å². The van der Waals surface area contributed by atoms with Gasteiger partial charge in [0.05, 0.1) is 6.54 Å². The first-order chi connectivity index (χ1) is 12.6. The quantitative estimate of drug-likeness (QED) is 0.549. The van der Waals surface area contributed by atoms with E-state index in [1.807, 2.05) is 0 Å². The summed E-state index contributed by atoms with van der Waals surface area (Å²) in [7, 11) is 0. The monoisotopic (exact) mass is 408 g/mol. The second kappa shape index (κ2) is 10.2. The van der Waals surface area contributed by atoms with E-state index in [1.54, 1.807) is 48.5 Å². The molecule has 0 heterocycles. The van der Waals surface area contributed by atoms with Crippen molar-refractivity contribution in [1.82, 2.24) is 5.32 Å². The van der Waals surface area contributed by atoms with Crippen molar-refractivity contribution in [3.63, 3.8) is 0 Å². The lowest BCUT2D eigenvalue weighted by atomic mass is 10.2. The second-order valence-corrected chi connectivity index (χ2v) is 6.72. The molecule has 0 aromatic heterocycles. The molecule has 2 aromatic carbocycles. The average molecular weight is 409 g/mol. The van der Waals surface area contributed by atoms with Crippen LogP contribution in [0, 0.1) is 5.92 Å². The van der Waals surface area contributed by atoms with E-state index in [9.17, 15) is 9.59 Å². The third-order valence-electron chi connectivity index (χ3n) is 3.94. The topological polar surface area (TPSA) is 82.3 Å². The Morgan fingerprint density at radius 2 is 1.33 bits per heavy atom. The summed E-state index contributed by atoms with van der Waals surface area (Å²) in [5.41, 5.74) is 1.96. The number of nitrogens with one attached hydrogen (secondary N) is 4. The molecule has 6 nitrogen and oxygen atoms in total. The Bertz CT molecular complexity index is 762. The first-order valence-electron chi connectivity index (χ1n) is 8.53. The molecular weight excluding hydrogens is 387 g/mol. The van der Waals surface area contributed by atoms with E-state index < -0.39 is 0 Å². The highest BCUT2D eigenvalue weighted by molar-refractivity contribution is 6.30. The standard InChI is InChI=1S/C19H21ClN4O2.ClH/c20-14-3-5-16(6-4-14)23-19(26)24-17-9-7-15(8-10-17)22-18(25)12-21-11-13-1-2-13;/h3-10,13,21H,1-2,11-12H2,(H,22,25)(H2,23,24,26);1H. The van der Waals surface area contributed by atoms with Gasteiger partial charge in [-0.3, -0.25) is 4.79 Å². The van der Waals surface area contributed by atoms with Crippen LogP contribution in [0.1, 0.15) is 12.8 Å². The van der Waals surface area contributed by atoms with Crippen molar-refractivity contribution in [3.05, 3.63) is 53.6 Å². The molecule has 3 rings (SSSR count). The van der Waals surface area contributed by atoms with Gasteiger partial charge in [-0.1, -0.05) is 11.6 Å². The van der Waals surface area contributed by atoms with E-state index in [0.29, 0.717) is 28.6 Å². The third-order valence-corrected chi connectivity index (χ3v) is 4.20. The summed E-state index contributed by atoms with van der Waals surface area (Å²) in [6, 6.07) is 13.4. The van der Waals surface area contributed by atoms with Gasteiger partial charge < -0.3 is 21.3 Å². The fraction of sp³-hybridized carbons (Fsp3) is 0.263. The minimum absolute atomic E-state index is 0. The van der Waals surface area contributed by atoms with Crippen LogP contribution in [0.2, 0.25) is 5.02 Å². The Hall–Kier alpha value is -2.28. The lowest BCUT2D eigenvalue weighted by Gasteiger charge is -2.09. The molecule has 1 saturated carbocycles. The van der Waals surface area contributed by atoms with Crippen LogP contribution in [0.4, 0.5) is 21.9 Å². The van der Waals surface area contributed by atoms with Crippen molar-refractivity contribution in [2.24, 2.45) is 5.92 Å². The van der Waals surface area contributed by atoms with Crippen LogP contribution in [-0.2, 0) is 4.79 Å². The SMILES string of the molecule is Cl.O=C(CNCC1CC1)Nc1ccc(NC(=O)Nc2ccc(Cl)cc2)cc1. The van der Waals surface area contributed by atoms with Gasteiger partial charge in [0.15, 0.2) is 0 Å². The van der Waals surface area contributed by atoms with Crippen LogP contribution in [0.5, 0.6) is 0 Å². The molecule has 3 amide bonds.